The molecule has 3 aromatic heterocycles. The summed E-state index contributed by atoms with van der Waals surface area (Å²) in [6.07, 6.45) is 7.03. The van der Waals surface area contributed by atoms with E-state index in [-0.39, 0.29) is 5.82 Å². The first kappa shape index (κ1) is 21.4. The van der Waals surface area contributed by atoms with Crippen LogP contribution in [-0.2, 0) is 0 Å². The second-order valence-electron chi connectivity index (χ2n) is 10.0. The summed E-state index contributed by atoms with van der Waals surface area (Å²) in [5, 5.41) is 1.46. The SMILES string of the molecule is Nc1ncnc2c1c(-c1ccc3ccc(-c4cc[c]cc4)nc3c1F)cn2C1CC(CN2CCC2)C1. The number of fused-ring (bicyclic) bond motifs is 2. The molecule has 5 aromatic rings. The summed E-state index contributed by atoms with van der Waals surface area (Å²) >= 11 is 0. The fourth-order valence-electron chi connectivity index (χ4n) is 5.68. The highest BCUT2D eigenvalue weighted by Gasteiger charge is 2.34. The Balaban J connectivity index is 1.31. The Labute approximate surface area is 208 Å². The number of anilines is 1. The lowest BCUT2D eigenvalue weighted by Gasteiger charge is -2.42. The minimum atomic E-state index is -0.358. The Morgan fingerprint density at radius 1 is 1.00 bits per heavy atom. The molecule has 2 N–H and O–H groups in total. The van der Waals surface area contributed by atoms with Gasteiger partial charge in [0.1, 0.15) is 23.3 Å². The van der Waals surface area contributed by atoms with Crippen molar-refractivity contribution in [1.29, 1.82) is 0 Å². The van der Waals surface area contributed by atoms with Crippen LogP contribution in [0.3, 0.4) is 0 Å². The van der Waals surface area contributed by atoms with E-state index in [2.05, 4.69) is 25.5 Å². The van der Waals surface area contributed by atoms with Crippen LogP contribution in [-0.4, -0.2) is 44.1 Å². The van der Waals surface area contributed by atoms with Gasteiger partial charge in [-0.05, 0) is 50.4 Å². The third kappa shape index (κ3) is 3.45. The summed E-state index contributed by atoms with van der Waals surface area (Å²) in [6.45, 7) is 3.62. The Bertz CT molecular complexity index is 1580. The molecule has 7 heteroatoms. The molecule has 36 heavy (non-hydrogen) atoms. The van der Waals surface area contributed by atoms with Crippen molar-refractivity contribution in [2.45, 2.75) is 25.3 Å². The molecule has 2 aliphatic rings. The molecule has 1 aliphatic heterocycles. The Morgan fingerprint density at radius 3 is 2.58 bits per heavy atom. The van der Waals surface area contributed by atoms with Crippen molar-refractivity contribution in [3.63, 3.8) is 0 Å². The van der Waals surface area contributed by atoms with Gasteiger partial charge in [0, 0.05) is 40.9 Å². The molecule has 1 radical (unpaired) electrons. The van der Waals surface area contributed by atoms with E-state index >= 15 is 4.39 Å². The lowest BCUT2D eigenvalue weighted by molar-refractivity contribution is 0.0921. The van der Waals surface area contributed by atoms with Gasteiger partial charge in [-0.2, -0.15) is 0 Å². The lowest BCUT2D eigenvalue weighted by Crippen LogP contribution is -2.43. The van der Waals surface area contributed by atoms with Crippen LogP contribution in [0.2, 0.25) is 0 Å². The summed E-state index contributed by atoms with van der Waals surface area (Å²) < 4.78 is 18.3. The van der Waals surface area contributed by atoms with Crippen LogP contribution < -0.4 is 5.73 Å². The molecular formula is C29H26FN6. The van der Waals surface area contributed by atoms with E-state index < -0.39 is 0 Å². The van der Waals surface area contributed by atoms with Crippen molar-refractivity contribution < 1.29 is 4.39 Å². The van der Waals surface area contributed by atoms with Gasteiger partial charge < -0.3 is 15.2 Å². The van der Waals surface area contributed by atoms with Gasteiger partial charge in [-0.3, -0.25) is 0 Å². The highest BCUT2D eigenvalue weighted by atomic mass is 19.1. The van der Waals surface area contributed by atoms with Crippen molar-refractivity contribution >= 4 is 27.8 Å². The molecule has 1 saturated heterocycles. The maximum absolute atomic E-state index is 16.1. The number of hydrogen-bond acceptors (Lipinski definition) is 5. The number of pyridine rings is 1. The predicted octanol–water partition coefficient (Wildman–Crippen LogP) is 5.49. The molecule has 0 amide bonds. The van der Waals surface area contributed by atoms with Gasteiger partial charge in [-0.1, -0.05) is 42.5 Å². The largest absolute Gasteiger partial charge is 0.383 e. The van der Waals surface area contributed by atoms with Crippen molar-refractivity contribution in [2.75, 3.05) is 25.4 Å². The van der Waals surface area contributed by atoms with Crippen LogP contribution in [0.5, 0.6) is 0 Å². The van der Waals surface area contributed by atoms with Crippen LogP contribution in [0.15, 0.2) is 61.1 Å². The monoisotopic (exact) mass is 477 g/mol. The van der Waals surface area contributed by atoms with Crippen molar-refractivity contribution in [1.82, 2.24) is 24.4 Å². The number of rotatable bonds is 5. The number of nitrogen functional groups attached to an aromatic ring is 1. The zero-order valence-electron chi connectivity index (χ0n) is 19.9. The van der Waals surface area contributed by atoms with Gasteiger partial charge in [0.25, 0.3) is 0 Å². The van der Waals surface area contributed by atoms with Gasteiger partial charge >= 0.3 is 0 Å². The normalized spacial score (nSPS) is 19.9. The molecule has 6 nitrogen and oxygen atoms in total. The third-order valence-corrected chi connectivity index (χ3v) is 7.81. The average molecular weight is 478 g/mol. The van der Waals surface area contributed by atoms with Crippen LogP contribution in [0, 0.1) is 17.8 Å². The molecule has 0 unspecified atom stereocenters. The van der Waals surface area contributed by atoms with E-state index in [9.17, 15) is 0 Å². The minimum Gasteiger partial charge on any atom is -0.383 e. The molecule has 0 spiro atoms. The molecule has 7 rings (SSSR count). The summed E-state index contributed by atoms with van der Waals surface area (Å²) in [5.74, 6) is 0.710. The highest BCUT2D eigenvalue weighted by Crippen LogP contribution is 2.44. The first-order chi connectivity index (χ1) is 17.7. The molecule has 179 valence electrons. The number of halogens is 1. The zero-order chi connectivity index (χ0) is 24.2. The zero-order valence-corrected chi connectivity index (χ0v) is 19.9. The molecule has 1 aliphatic carbocycles. The van der Waals surface area contributed by atoms with E-state index in [1.807, 2.05) is 54.7 Å². The number of aromatic nitrogens is 4. The fourth-order valence-corrected chi connectivity index (χ4v) is 5.68. The van der Waals surface area contributed by atoms with E-state index in [4.69, 9.17) is 10.7 Å². The van der Waals surface area contributed by atoms with E-state index in [0.717, 1.165) is 40.7 Å². The van der Waals surface area contributed by atoms with E-state index in [0.29, 0.717) is 34.2 Å². The third-order valence-electron chi connectivity index (χ3n) is 7.81. The molecule has 0 atom stereocenters. The lowest BCUT2D eigenvalue weighted by atomic mass is 9.79. The van der Waals surface area contributed by atoms with Gasteiger partial charge in [-0.25, -0.2) is 19.3 Å². The molecule has 4 heterocycles. The predicted molar refractivity (Wildman–Crippen MR) is 140 cm³/mol. The summed E-state index contributed by atoms with van der Waals surface area (Å²) in [5.41, 5.74) is 10.3. The molecular weight excluding hydrogens is 451 g/mol. The number of nitrogens with zero attached hydrogens (tertiary/aromatic N) is 5. The van der Waals surface area contributed by atoms with Gasteiger partial charge in [0.15, 0.2) is 5.82 Å². The summed E-state index contributed by atoms with van der Waals surface area (Å²) in [4.78, 5) is 16.0. The van der Waals surface area contributed by atoms with E-state index in [1.165, 1.54) is 32.4 Å². The Hall–Kier alpha value is -3.84. The maximum Gasteiger partial charge on any atom is 0.157 e. The topological polar surface area (TPSA) is 72.9 Å². The summed E-state index contributed by atoms with van der Waals surface area (Å²) in [7, 11) is 0. The second kappa shape index (κ2) is 8.38. The second-order valence-corrected chi connectivity index (χ2v) is 10.0. The van der Waals surface area contributed by atoms with Crippen molar-refractivity contribution in [3.05, 3.63) is 72.9 Å². The maximum atomic E-state index is 16.1. The number of nitrogens with two attached hydrogens (primary N) is 1. The average Bonchev–Trinajstić information content (AvgIpc) is 3.23. The smallest absolute Gasteiger partial charge is 0.157 e. The Kier molecular flexibility index (Phi) is 4.99. The number of hydrogen-bond donors (Lipinski definition) is 1. The number of likely N-dealkylation sites (tertiary alicyclic amines) is 1. The fraction of sp³-hybridized carbons (Fsp3) is 0.276. The van der Waals surface area contributed by atoms with Gasteiger partial charge in [0.2, 0.25) is 0 Å². The van der Waals surface area contributed by atoms with Gasteiger partial charge in [0.05, 0.1) is 11.1 Å². The molecule has 2 aromatic carbocycles. The minimum absolute atomic E-state index is 0.338. The summed E-state index contributed by atoms with van der Waals surface area (Å²) in [6, 6.07) is 18.4. The molecule has 2 fully saturated rings. The first-order valence-electron chi connectivity index (χ1n) is 12.5. The highest BCUT2D eigenvalue weighted by molar-refractivity contribution is 6.02. The number of benzene rings is 2. The van der Waals surface area contributed by atoms with Gasteiger partial charge in [-0.15, -0.1) is 0 Å². The molecule has 1 saturated carbocycles. The Morgan fingerprint density at radius 2 is 1.81 bits per heavy atom. The van der Waals surface area contributed by atoms with Crippen LogP contribution in [0.25, 0.3) is 44.3 Å². The van der Waals surface area contributed by atoms with Crippen LogP contribution in [0.1, 0.15) is 25.3 Å². The van der Waals surface area contributed by atoms with Crippen LogP contribution >= 0.6 is 0 Å². The van der Waals surface area contributed by atoms with E-state index in [1.54, 1.807) is 0 Å². The first-order valence-corrected chi connectivity index (χ1v) is 12.5. The quantitative estimate of drug-likeness (QED) is 0.362. The van der Waals surface area contributed by atoms with Crippen LogP contribution in [0.4, 0.5) is 10.2 Å². The molecule has 0 bridgehead atoms. The van der Waals surface area contributed by atoms with Crippen molar-refractivity contribution in [2.24, 2.45) is 5.92 Å². The van der Waals surface area contributed by atoms with Crippen molar-refractivity contribution in [3.8, 4) is 22.4 Å². The standard InChI is InChI=1S/C29H26FN6/c30-26-22(9-7-20-8-10-24(34-27(20)26)19-5-2-1-3-6-19)23-16-36(29-25(23)28(31)32-17-33-29)21-13-18(14-21)15-35-11-4-12-35/h2-3,5-10,16-18,21H,4,11-15H2,(H2,31,32,33).